The SMILES string of the molecule is Cc1ccc(S(=O)(=O)N2C[C@H](c3cccc(Br)c3)ON(C)[C@@H]2c2ccccc2)cc1. The molecule has 0 radical (unpaired) electrons. The van der Waals surface area contributed by atoms with E-state index in [2.05, 4.69) is 15.9 Å². The van der Waals surface area contributed by atoms with Gasteiger partial charge in [0.25, 0.3) is 0 Å². The number of hydrogen-bond acceptors (Lipinski definition) is 4. The largest absolute Gasteiger partial charge is 0.288 e. The van der Waals surface area contributed by atoms with Crippen molar-refractivity contribution in [3.8, 4) is 0 Å². The summed E-state index contributed by atoms with van der Waals surface area (Å²) in [6, 6.07) is 24.3. The third-order valence-corrected chi connectivity index (χ3v) is 7.53. The fraction of sp³-hybridized carbons (Fsp3) is 0.217. The highest BCUT2D eigenvalue weighted by Crippen LogP contribution is 2.39. The number of benzene rings is 3. The fourth-order valence-electron chi connectivity index (χ4n) is 3.69. The summed E-state index contributed by atoms with van der Waals surface area (Å²) in [5.74, 6) is 0. The van der Waals surface area contributed by atoms with Crippen molar-refractivity contribution in [2.45, 2.75) is 24.1 Å². The highest BCUT2D eigenvalue weighted by atomic mass is 79.9. The number of nitrogens with zero attached hydrogens (tertiary/aromatic N) is 2. The van der Waals surface area contributed by atoms with Crippen LogP contribution >= 0.6 is 15.9 Å². The van der Waals surface area contributed by atoms with Gasteiger partial charge in [0.05, 0.1) is 4.90 Å². The Morgan fingerprint density at radius 2 is 1.60 bits per heavy atom. The Balaban J connectivity index is 1.78. The average molecular weight is 487 g/mol. The molecule has 1 saturated heterocycles. The van der Waals surface area contributed by atoms with Crippen LogP contribution in [-0.2, 0) is 14.9 Å². The number of hydroxylamine groups is 2. The van der Waals surface area contributed by atoms with Crippen molar-refractivity contribution in [1.29, 1.82) is 0 Å². The molecule has 3 aromatic carbocycles. The van der Waals surface area contributed by atoms with Crippen LogP contribution in [0.5, 0.6) is 0 Å². The predicted octanol–water partition coefficient (Wildman–Crippen LogP) is 5.07. The van der Waals surface area contributed by atoms with Gasteiger partial charge < -0.3 is 0 Å². The first-order valence-electron chi connectivity index (χ1n) is 9.65. The minimum atomic E-state index is -3.76. The highest BCUT2D eigenvalue weighted by Gasteiger charge is 2.42. The molecule has 5 nitrogen and oxygen atoms in total. The van der Waals surface area contributed by atoms with E-state index in [9.17, 15) is 8.42 Å². The quantitative estimate of drug-likeness (QED) is 0.516. The van der Waals surface area contributed by atoms with E-state index in [0.29, 0.717) is 0 Å². The third kappa shape index (κ3) is 4.22. The molecule has 1 aliphatic rings. The second-order valence-electron chi connectivity index (χ2n) is 7.37. The molecule has 7 heteroatoms. The first-order valence-corrected chi connectivity index (χ1v) is 11.9. The molecule has 0 aliphatic carbocycles. The Morgan fingerprint density at radius 1 is 0.933 bits per heavy atom. The number of sulfonamides is 1. The van der Waals surface area contributed by atoms with E-state index in [1.165, 1.54) is 4.31 Å². The Morgan fingerprint density at radius 3 is 2.27 bits per heavy atom. The maximum absolute atomic E-state index is 13.7. The van der Waals surface area contributed by atoms with Gasteiger partial charge >= 0.3 is 0 Å². The summed E-state index contributed by atoms with van der Waals surface area (Å²) in [5, 5.41) is 1.64. The number of hydrogen-bond donors (Lipinski definition) is 0. The van der Waals surface area contributed by atoms with Gasteiger partial charge in [0.2, 0.25) is 10.0 Å². The van der Waals surface area contributed by atoms with Gasteiger partial charge in [0.15, 0.2) is 0 Å². The van der Waals surface area contributed by atoms with Crippen molar-refractivity contribution < 1.29 is 13.3 Å². The first-order chi connectivity index (χ1) is 14.4. The van der Waals surface area contributed by atoms with Crippen LogP contribution in [0.1, 0.15) is 29.0 Å². The Bertz CT molecular complexity index is 1120. The molecule has 1 aliphatic heterocycles. The summed E-state index contributed by atoms with van der Waals surface area (Å²) in [7, 11) is -1.98. The molecule has 2 atom stereocenters. The average Bonchev–Trinajstić information content (AvgIpc) is 2.74. The van der Waals surface area contributed by atoms with Crippen LogP contribution in [0.25, 0.3) is 0 Å². The minimum absolute atomic E-state index is 0.205. The van der Waals surface area contributed by atoms with Gasteiger partial charge in [-0.15, -0.1) is 0 Å². The van der Waals surface area contributed by atoms with Crippen LogP contribution < -0.4 is 0 Å². The van der Waals surface area contributed by atoms with Crippen LogP contribution in [0.2, 0.25) is 0 Å². The Labute approximate surface area is 186 Å². The first kappa shape index (κ1) is 21.2. The standard InChI is InChI=1S/C23H23BrN2O3S/c1-17-11-13-21(14-12-17)30(27,28)26-16-22(19-9-6-10-20(24)15-19)29-25(2)23(26)18-7-4-3-5-8-18/h3-15,22-23H,16H2,1-2H3/t22-,23+/m1/s1. The molecule has 0 saturated carbocycles. The van der Waals surface area contributed by atoms with Gasteiger partial charge in [-0.25, -0.2) is 8.42 Å². The zero-order valence-corrected chi connectivity index (χ0v) is 19.2. The Kier molecular flexibility index (Phi) is 6.09. The lowest BCUT2D eigenvalue weighted by Crippen LogP contribution is -2.50. The van der Waals surface area contributed by atoms with Gasteiger partial charge in [-0.05, 0) is 42.3 Å². The van der Waals surface area contributed by atoms with Gasteiger partial charge in [0.1, 0.15) is 12.3 Å². The molecule has 0 spiro atoms. The molecule has 0 bridgehead atoms. The van der Waals surface area contributed by atoms with Crippen molar-refractivity contribution in [2.75, 3.05) is 13.6 Å². The normalized spacial score (nSPS) is 20.9. The van der Waals surface area contributed by atoms with Crippen molar-refractivity contribution in [3.05, 3.63) is 100 Å². The van der Waals surface area contributed by atoms with Gasteiger partial charge in [-0.3, -0.25) is 4.84 Å². The van der Waals surface area contributed by atoms with E-state index in [4.69, 9.17) is 4.84 Å². The summed E-state index contributed by atoms with van der Waals surface area (Å²) in [5.41, 5.74) is 2.77. The lowest BCUT2D eigenvalue weighted by atomic mass is 10.1. The molecule has 3 aromatic rings. The topological polar surface area (TPSA) is 49.9 Å². The molecule has 1 fully saturated rings. The summed E-state index contributed by atoms with van der Waals surface area (Å²) < 4.78 is 29.9. The maximum atomic E-state index is 13.7. The molecule has 0 amide bonds. The van der Waals surface area contributed by atoms with E-state index in [1.54, 1.807) is 24.2 Å². The zero-order chi connectivity index (χ0) is 21.3. The molecule has 0 aromatic heterocycles. The number of rotatable bonds is 4. The predicted molar refractivity (Wildman–Crippen MR) is 120 cm³/mol. The summed E-state index contributed by atoms with van der Waals surface area (Å²) >= 11 is 3.49. The van der Waals surface area contributed by atoms with E-state index < -0.39 is 22.3 Å². The zero-order valence-electron chi connectivity index (χ0n) is 16.8. The van der Waals surface area contributed by atoms with E-state index in [0.717, 1.165) is 21.2 Å². The van der Waals surface area contributed by atoms with Crippen molar-refractivity contribution in [1.82, 2.24) is 9.37 Å². The number of aryl methyl sites for hydroxylation is 1. The van der Waals surface area contributed by atoms with E-state index in [1.807, 2.05) is 73.7 Å². The second kappa shape index (κ2) is 8.61. The van der Waals surface area contributed by atoms with Crippen LogP contribution in [-0.4, -0.2) is 31.4 Å². The van der Waals surface area contributed by atoms with Gasteiger partial charge in [0, 0.05) is 18.1 Å². The lowest BCUT2D eigenvalue weighted by Gasteiger charge is -2.44. The van der Waals surface area contributed by atoms with Crippen molar-refractivity contribution >= 4 is 26.0 Å². The van der Waals surface area contributed by atoms with E-state index >= 15 is 0 Å². The van der Waals surface area contributed by atoms with Crippen LogP contribution in [0.3, 0.4) is 0 Å². The van der Waals surface area contributed by atoms with E-state index in [-0.39, 0.29) is 11.4 Å². The molecule has 1 heterocycles. The van der Waals surface area contributed by atoms with Gasteiger partial charge in [-0.2, -0.15) is 9.37 Å². The Hall–Kier alpha value is -2.03. The van der Waals surface area contributed by atoms with Crippen LogP contribution in [0, 0.1) is 6.92 Å². The van der Waals surface area contributed by atoms with Crippen LogP contribution in [0.15, 0.2) is 88.2 Å². The lowest BCUT2D eigenvalue weighted by molar-refractivity contribution is -0.265. The monoisotopic (exact) mass is 486 g/mol. The molecular weight excluding hydrogens is 464 g/mol. The maximum Gasteiger partial charge on any atom is 0.244 e. The molecule has 0 N–H and O–H groups in total. The van der Waals surface area contributed by atoms with Crippen LogP contribution in [0.4, 0.5) is 0 Å². The van der Waals surface area contributed by atoms with Crippen molar-refractivity contribution in [2.24, 2.45) is 0 Å². The minimum Gasteiger partial charge on any atom is -0.288 e. The third-order valence-electron chi connectivity index (χ3n) is 5.20. The molecule has 4 rings (SSSR count). The molecule has 30 heavy (non-hydrogen) atoms. The summed E-state index contributed by atoms with van der Waals surface area (Å²) in [4.78, 5) is 6.46. The second-order valence-corrected chi connectivity index (χ2v) is 10.2. The molecule has 0 unspecified atom stereocenters. The molecule has 156 valence electrons. The molecular formula is C23H23BrN2O3S. The van der Waals surface area contributed by atoms with Gasteiger partial charge in [-0.1, -0.05) is 76.1 Å². The summed E-state index contributed by atoms with van der Waals surface area (Å²) in [6.07, 6.45) is -0.992. The number of halogens is 1. The summed E-state index contributed by atoms with van der Waals surface area (Å²) in [6.45, 7) is 2.14. The van der Waals surface area contributed by atoms with Crippen molar-refractivity contribution in [3.63, 3.8) is 0 Å². The highest BCUT2D eigenvalue weighted by molar-refractivity contribution is 9.10. The smallest absolute Gasteiger partial charge is 0.244 e. The fourth-order valence-corrected chi connectivity index (χ4v) is 5.70.